The molecule has 12 heteroatoms. The van der Waals surface area contributed by atoms with Crippen molar-refractivity contribution in [3.8, 4) is 0 Å². The minimum atomic E-state index is -4.74. The van der Waals surface area contributed by atoms with Crippen LogP contribution in [0.2, 0.25) is 0 Å². The van der Waals surface area contributed by atoms with Crippen molar-refractivity contribution in [1.82, 2.24) is 39.2 Å². The molecule has 0 bridgehead atoms. The molecule has 9 nitrogen and oxygen atoms in total. The van der Waals surface area contributed by atoms with E-state index < -0.39 is 29.8 Å². The Kier molecular flexibility index (Phi) is 4.14. The number of carbonyl (C=O) groups excluding carboxylic acids is 1. The zero-order valence-corrected chi connectivity index (χ0v) is 16.6. The number of amides is 1. The lowest BCUT2D eigenvalue weighted by atomic mass is 9.99. The summed E-state index contributed by atoms with van der Waals surface area (Å²) in [6, 6.07) is 6.87. The Morgan fingerprint density at radius 1 is 1.26 bits per heavy atom. The van der Waals surface area contributed by atoms with Crippen LogP contribution >= 0.6 is 0 Å². The van der Waals surface area contributed by atoms with Crippen LogP contribution in [-0.4, -0.2) is 51.7 Å². The van der Waals surface area contributed by atoms with Crippen LogP contribution in [-0.2, 0) is 19.6 Å². The smallest absolute Gasteiger partial charge is 0.348 e. The van der Waals surface area contributed by atoms with Gasteiger partial charge in [-0.25, -0.2) is 14.2 Å². The van der Waals surface area contributed by atoms with Crippen LogP contribution in [0.3, 0.4) is 0 Å². The number of alkyl halides is 3. The Labute approximate surface area is 173 Å². The van der Waals surface area contributed by atoms with E-state index in [-0.39, 0.29) is 6.54 Å². The van der Waals surface area contributed by atoms with Gasteiger partial charge in [0.1, 0.15) is 6.04 Å². The molecule has 31 heavy (non-hydrogen) atoms. The molecule has 1 amide bonds. The van der Waals surface area contributed by atoms with E-state index in [9.17, 15) is 18.0 Å². The second-order valence-corrected chi connectivity index (χ2v) is 7.37. The number of H-pyrrole nitrogens is 1. The standard InChI is InChI=1S/C19H17F3N8O/c1-10-4-3-5-11-8-13(26-30(10)11)15-14-12(23-9-24-14)6-7-29(15)17(31)16-25-18(19(20,21)22)27-28(16)2/h3-5,8-9,15H,6-7H2,1-2H3,(H,23,24). The maximum atomic E-state index is 13.3. The number of nitrogens with zero attached hydrogens (tertiary/aromatic N) is 7. The van der Waals surface area contributed by atoms with E-state index in [1.54, 1.807) is 4.52 Å². The highest BCUT2D eigenvalue weighted by atomic mass is 19.4. The lowest BCUT2D eigenvalue weighted by Gasteiger charge is -2.33. The van der Waals surface area contributed by atoms with Gasteiger partial charge in [0.2, 0.25) is 5.82 Å². The number of aromatic amines is 1. The topological polar surface area (TPSA) is 97.0 Å². The van der Waals surface area contributed by atoms with Crippen LogP contribution < -0.4 is 0 Å². The molecule has 0 aliphatic carbocycles. The number of hydrogen-bond donors (Lipinski definition) is 1. The zero-order chi connectivity index (χ0) is 21.9. The lowest BCUT2D eigenvalue weighted by Crippen LogP contribution is -2.42. The molecule has 4 aromatic heterocycles. The first-order valence-corrected chi connectivity index (χ1v) is 9.50. The summed E-state index contributed by atoms with van der Waals surface area (Å²) in [5.41, 5.74) is 3.77. The average Bonchev–Trinajstić information content (AvgIpc) is 3.44. The predicted molar refractivity (Wildman–Crippen MR) is 101 cm³/mol. The van der Waals surface area contributed by atoms with Crippen LogP contribution in [0.15, 0.2) is 30.6 Å². The number of aryl methyl sites for hydroxylation is 2. The molecule has 5 heterocycles. The predicted octanol–water partition coefficient (Wildman–Crippen LogP) is 2.30. The normalized spacial score (nSPS) is 16.7. The highest BCUT2D eigenvalue weighted by Gasteiger charge is 2.41. The number of carbonyl (C=O) groups is 1. The number of pyridine rings is 1. The van der Waals surface area contributed by atoms with Crippen molar-refractivity contribution in [1.29, 1.82) is 0 Å². The summed E-state index contributed by atoms with van der Waals surface area (Å²) >= 11 is 0. The minimum Gasteiger partial charge on any atom is -0.348 e. The number of fused-ring (bicyclic) bond motifs is 2. The second kappa shape index (κ2) is 6.65. The van der Waals surface area contributed by atoms with Crippen LogP contribution in [0.4, 0.5) is 13.2 Å². The Hall–Kier alpha value is -3.70. The summed E-state index contributed by atoms with van der Waals surface area (Å²) in [7, 11) is 1.27. The molecule has 0 aromatic carbocycles. The van der Waals surface area contributed by atoms with Crippen LogP contribution in [0, 0.1) is 6.92 Å². The third-order valence-electron chi connectivity index (χ3n) is 5.37. The fourth-order valence-corrected chi connectivity index (χ4v) is 3.92. The van der Waals surface area contributed by atoms with E-state index in [0.717, 1.165) is 21.6 Å². The molecule has 160 valence electrons. The average molecular weight is 430 g/mol. The Bertz CT molecular complexity index is 1300. The monoisotopic (exact) mass is 430 g/mol. The fourth-order valence-electron chi connectivity index (χ4n) is 3.92. The highest BCUT2D eigenvalue weighted by molar-refractivity contribution is 5.91. The third-order valence-corrected chi connectivity index (χ3v) is 5.37. The van der Waals surface area contributed by atoms with E-state index >= 15 is 0 Å². The highest BCUT2D eigenvalue weighted by Crippen LogP contribution is 2.34. The molecule has 1 aliphatic rings. The van der Waals surface area contributed by atoms with Gasteiger partial charge in [-0.1, -0.05) is 6.07 Å². The van der Waals surface area contributed by atoms with Crippen molar-refractivity contribution < 1.29 is 18.0 Å². The van der Waals surface area contributed by atoms with Gasteiger partial charge in [-0.2, -0.15) is 23.3 Å². The SMILES string of the molecule is Cc1cccc2cc(C3c4nc[nH]c4CCN3C(=O)c3nc(C(F)(F)F)nn3C)nn12. The molecule has 1 atom stereocenters. The Morgan fingerprint density at radius 3 is 2.77 bits per heavy atom. The van der Waals surface area contributed by atoms with E-state index in [2.05, 4.69) is 25.1 Å². The van der Waals surface area contributed by atoms with Gasteiger partial charge in [0.15, 0.2) is 0 Å². The number of halogens is 3. The van der Waals surface area contributed by atoms with E-state index in [1.165, 1.54) is 18.3 Å². The van der Waals surface area contributed by atoms with Gasteiger partial charge >= 0.3 is 6.18 Å². The molecular formula is C19H17F3N8O. The number of hydrogen-bond acceptors (Lipinski definition) is 5. The first-order valence-electron chi connectivity index (χ1n) is 9.50. The largest absolute Gasteiger partial charge is 0.453 e. The first kappa shape index (κ1) is 19.3. The summed E-state index contributed by atoms with van der Waals surface area (Å²) < 4.78 is 41.8. The van der Waals surface area contributed by atoms with Crippen LogP contribution in [0.25, 0.3) is 5.52 Å². The summed E-state index contributed by atoms with van der Waals surface area (Å²) in [6.45, 7) is 2.17. The summed E-state index contributed by atoms with van der Waals surface area (Å²) in [4.78, 5) is 25.7. The summed E-state index contributed by atoms with van der Waals surface area (Å²) in [5, 5.41) is 8.02. The van der Waals surface area contributed by atoms with Gasteiger partial charge in [0.05, 0.1) is 23.2 Å². The fraction of sp³-hybridized carbons (Fsp3) is 0.316. The summed E-state index contributed by atoms with van der Waals surface area (Å²) in [6.07, 6.45) is -2.73. The first-order chi connectivity index (χ1) is 14.7. The van der Waals surface area contributed by atoms with Crippen molar-refractivity contribution in [2.24, 2.45) is 7.05 Å². The molecule has 4 aromatic rings. The maximum Gasteiger partial charge on any atom is 0.453 e. The second-order valence-electron chi connectivity index (χ2n) is 7.37. The quantitative estimate of drug-likeness (QED) is 0.526. The number of nitrogens with one attached hydrogen (secondary N) is 1. The van der Waals surface area contributed by atoms with Gasteiger partial charge in [0, 0.05) is 31.4 Å². The van der Waals surface area contributed by atoms with Crippen LogP contribution in [0.1, 0.15) is 45.3 Å². The van der Waals surface area contributed by atoms with Crippen LogP contribution in [0.5, 0.6) is 0 Å². The van der Waals surface area contributed by atoms with E-state index in [4.69, 9.17) is 0 Å². The van der Waals surface area contributed by atoms with Crippen molar-refractivity contribution in [2.75, 3.05) is 6.54 Å². The number of imidazole rings is 1. The number of aromatic nitrogens is 7. The maximum absolute atomic E-state index is 13.3. The van der Waals surface area contributed by atoms with E-state index in [0.29, 0.717) is 17.8 Å². The molecule has 1 unspecified atom stereocenters. The van der Waals surface area contributed by atoms with Crippen molar-refractivity contribution >= 4 is 11.4 Å². The van der Waals surface area contributed by atoms with Gasteiger partial charge in [0.25, 0.3) is 11.7 Å². The van der Waals surface area contributed by atoms with Gasteiger partial charge in [-0.3, -0.25) is 4.79 Å². The molecule has 0 spiro atoms. The molecule has 0 saturated heterocycles. The van der Waals surface area contributed by atoms with Gasteiger partial charge in [-0.15, -0.1) is 5.10 Å². The van der Waals surface area contributed by atoms with Crippen molar-refractivity contribution in [3.63, 3.8) is 0 Å². The molecule has 1 aliphatic heterocycles. The lowest BCUT2D eigenvalue weighted by molar-refractivity contribution is -0.144. The molecule has 1 N–H and O–H groups in total. The van der Waals surface area contributed by atoms with E-state index in [1.807, 2.05) is 31.2 Å². The molecule has 0 radical (unpaired) electrons. The Morgan fingerprint density at radius 2 is 2.06 bits per heavy atom. The minimum absolute atomic E-state index is 0.264. The van der Waals surface area contributed by atoms with Gasteiger partial charge in [-0.05, 0) is 25.1 Å². The molecular weight excluding hydrogens is 413 g/mol. The van der Waals surface area contributed by atoms with Crippen molar-refractivity contribution in [2.45, 2.75) is 25.6 Å². The molecule has 0 fully saturated rings. The third kappa shape index (κ3) is 3.05. The summed E-state index contributed by atoms with van der Waals surface area (Å²) in [5.74, 6) is -2.41. The Balaban J connectivity index is 1.61. The number of rotatable bonds is 2. The van der Waals surface area contributed by atoms with Gasteiger partial charge < -0.3 is 9.88 Å². The zero-order valence-electron chi connectivity index (χ0n) is 16.6. The molecule has 0 saturated carbocycles. The van der Waals surface area contributed by atoms with Crippen molar-refractivity contribution in [3.05, 3.63) is 65.0 Å². The molecule has 5 rings (SSSR count).